The van der Waals surface area contributed by atoms with Gasteiger partial charge in [0.05, 0.1) is 10.6 Å². The number of aliphatic hydroxyl groups excluding tert-OH is 1. The number of unbranched alkanes of at least 4 members (excludes halogenated alkanes) is 1. The number of nitrogens with one attached hydrogen (secondary N) is 1. The van der Waals surface area contributed by atoms with Crippen molar-refractivity contribution in [3.63, 3.8) is 0 Å². The van der Waals surface area contributed by atoms with Crippen molar-refractivity contribution in [1.29, 1.82) is 0 Å². The molecule has 1 rings (SSSR count). The van der Waals surface area contributed by atoms with Crippen LogP contribution in [0.1, 0.15) is 12.8 Å². The SMILES string of the molecule is O=S(=O)(c1ccccc1NCCCCO)C(F)(F)F. The van der Waals surface area contributed by atoms with Crippen molar-refractivity contribution in [2.75, 3.05) is 18.5 Å². The monoisotopic (exact) mass is 297 g/mol. The van der Waals surface area contributed by atoms with Crippen molar-refractivity contribution >= 4 is 15.5 Å². The van der Waals surface area contributed by atoms with Gasteiger partial charge in [0, 0.05) is 13.2 Å². The van der Waals surface area contributed by atoms with Gasteiger partial charge in [0.2, 0.25) is 0 Å². The molecule has 0 amide bonds. The fraction of sp³-hybridized carbons (Fsp3) is 0.455. The van der Waals surface area contributed by atoms with Crippen molar-refractivity contribution in [2.45, 2.75) is 23.2 Å². The summed E-state index contributed by atoms with van der Waals surface area (Å²) in [4.78, 5) is -0.786. The normalized spacial score (nSPS) is 12.4. The van der Waals surface area contributed by atoms with Gasteiger partial charge in [-0.05, 0) is 25.0 Å². The van der Waals surface area contributed by atoms with Gasteiger partial charge in [-0.1, -0.05) is 12.1 Å². The Morgan fingerprint density at radius 1 is 1.16 bits per heavy atom. The first-order valence-corrected chi connectivity index (χ1v) is 7.04. The van der Waals surface area contributed by atoms with Crippen LogP contribution in [0.5, 0.6) is 0 Å². The average Bonchev–Trinajstić information content (AvgIpc) is 2.34. The molecule has 0 radical (unpaired) electrons. The highest BCUT2D eigenvalue weighted by atomic mass is 32.2. The molecule has 19 heavy (non-hydrogen) atoms. The lowest BCUT2D eigenvalue weighted by molar-refractivity contribution is -0.0435. The number of hydrogen-bond acceptors (Lipinski definition) is 4. The van der Waals surface area contributed by atoms with E-state index in [1.165, 1.54) is 18.2 Å². The first kappa shape index (κ1) is 15.8. The summed E-state index contributed by atoms with van der Waals surface area (Å²) in [5, 5.41) is 11.2. The van der Waals surface area contributed by atoms with Crippen LogP contribution in [0, 0.1) is 0 Å². The van der Waals surface area contributed by atoms with E-state index in [1.54, 1.807) is 0 Å². The molecule has 1 aromatic rings. The molecule has 0 aromatic heterocycles. The van der Waals surface area contributed by atoms with Gasteiger partial charge in [0.25, 0.3) is 9.84 Å². The van der Waals surface area contributed by atoms with Crippen LogP contribution < -0.4 is 5.32 Å². The number of benzene rings is 1. The topological polar surface area (TPSA) is 66.4 Å². The maximum absolute atomic E-state index is 12.5. The molecule has 0 saturated heterocycles. The minimum Gasteiger partial charge on any atom is -0.396 e. The number of alkyl halides is 3. The Balaban J connectivity index is 2.97. The Kier molecular flexibility index (Phi) is 5.19. The van der Waals surface area contributed by atoms with Crippen molar-refractivity contribution < 1.29 is 26.7 Å². The zero-order valence-corrected chi connectivity index (χ0v) is 10.8. The molecule has 0 saturated carbocycles. The minimum atomic E-state index is -5.36. The van der Waals surface area contributed by atoms with Gasteiger partial charge in [-0.2, -0.15) is 13.2 Å². The van der Waals surface area contributed by atoms with Crippen molar-refractivity contribution in [3.05, 3.63) is 24.3 Å². The van der Waals surface area contributed by atoms with Crippen LogP contribution in [-0.4, -0.2) is 32.2 Å². The summed E-state index contributed by atoms with van der Waals surface area (Å²) in [7, 11) is -5.36. The van der Waals surface area contributed by atoms with E-state index in [1.807, 2.05) is 0 Å². The second-order valence-electron chi connectivity index (χ2n) is 3.80. The zero-order valence-electron chi connectivity index (χ0n) is 9.94. The van der Waals surface area contributed by atoms with Crippen molar-refractivity contribution in [1.82, 2.24) is 0 Å². The maximum atomic E-state index is 12.5. The summed E-state index contributed by atoms with van der Waals surface area (Å²) < 4.78 is 60.2. The average molecular weight is 297 g/mol. The third kappa shape index (κ3) is 3.84. The molecule has 8 heteroatoms. The van der Waals surface area contributed by atoms with E-state index in [-0.39, 0.29) is 18.8 Å². The van der Waals surface area contributed by atoms with Crippen LogP contribution >= 0.6 is 0 Å². The van der Waals surface area contributed by atoms with Gasteiger partial charge in [-0.25, -0.2) is 8.42 Å². The molecule has 0 atom stereocenters. The standard InChI is InChI=1S/C11H14F3NO3S/c12-11(13,14)19(17,18)10-6-2-1-5-9(10)15-7-3-4-8-16/h1-2,5-6,15-16H,3-4,7-8H2. The van der Waals surface area contributed by atoms with Gasteiger partial charge >= 0.3 is 5.51 Å². The molecular weight excluding hydrogens is 283 g/mol. The second kappa shape index (κ2) is 6.25. The van der Waals surface area contributed by atoms with Crippen molar-refractivity contribution in [2.24, 2.45) is 0 Å². The van der Waals surface area contributed by atoms with E-state index in [9.17, 15) is 21.6 Å². The van der Waals surface area contributed by atoms with E-state index in [0.717, 1.165) is 6.07 Å². The van der Waals surface area contributed by atoms with Crippen LogP contribution in [0.3, 0.4) is 0 Å². The molecule has 108 valence electrons. The number of halogens is 3. The molecule has 0 aliphatic rings. The highest BCUT2D eigenvalue weighted by Crippen LogP contribution is 2.34. The van der Waals surface area contributed by atoms with Gasteiger partial charge in [0.1, 0.15) is 0 Å². The third-order valence-electron chi connectivity index (χ3n) is 2.38. The number of hydrogen-bond donors (Lipinski definition) is 2. The van der Waals surface area contributed by atoms with E-state index in [0.29, 0.717) is 12.8 Å². The highest BCUT2D eigenvalue weighted by molar-refractivity contribution is 7.92. The van der Waals surface area contributed by atoms with E-state index in [4.69, 9.17) is 5.11 Å². The zero-order chi connectivity index (χ0) is 14.5. The van der Waals surface area contributed by atoms with Crippen LogP contribution in [-0.2, 0) is 9.84 Å². The first-order valence-electron chi connectivity index (χ1n) is 5.56. The predicted octanol–water partition coefficient (Wildman–Crippen LogP) is 2.16. The predicted molar refractivity (Wildman–Crippen MR) is 64.5 cm³/mol. The largest absolute Gasteiger partial charge is 0.501 e. The molecule has 0 spiro atoms. The van der Waals surface area contributed by atoms with Crippen LogP contribution in [0.25, 0.3) is 0 Å². The molecule has 0 aliphatic carbocycles. The Bertz CT molecular complexity index is 514. The minimum absolute atomic E-state index is 0.0236. The Morgan fingerprint density at radius 3 is 2.37 bits per heavy atom. The summed E-state index contributed by atoms with van der Waals surface area (Å²) in [6, 6.07) is 4.87. The number of para-hydroxylation sites is 1. The summed E-state index contributed by atoms with van der Waals surface area (Å²) in [6.07, 6.45) is 1.01. The van der Waals surface area contributed by atoms with Crippen LogP contribution in [0.15, 0.2) is 29.2 Å². The second-order valence-corrected chi connectivity index (χ2v) is 5.71. The summed E-state index contributed by atoms with van der Waals surface area (Å²) in [5.41, 5.74) is -5.41. The smallest absolute Gasteiger partial charge is 0.396 e. The molecule has 0 fully saturated rings. The first-order chi connectivity index (χ1) is 8.80. The molecule has 0 heterocycles. The summed E-state index contributed by atoms with van der Waals surface area (Å²) >= 11 is 0. The number of aliphatic hydroxyl groups is 1. The van der Waals surface area contributed by atoms with E-state index < -0.39 is 20.2 Å². The van der Waals surface area contributed by atoms with E-state index >= 15 is 0 Å². The Hall–Kier alpha value is -1.28. The van der Waals surface area contributed by atoms with Crippen molar-refractivity contribution in [3.8, 4) is 0 Å². The molecule has 0 bridgehead atoms. The summed E-state index contributed by atoms with van der Waals surface area (Å²) in [5.74, 6) is 0. The van der Waals surface area contributed by atoms with Crippen LogP contribution in [0.4, 0.5) is 18.9 Å². The number of rotatable bonds is 6. The maximum Gasteiger partial charge on any atom is 0.501 e. The summed E-state index contributed by atoms with van der Waals surface area (Å²) in [6.45, 7) is 0.259. The third-order valence-corrected chi connectivity index (χ3v) is 3.93. The molecule has 1 aromatic carbocycles. The van der Waals surface area contributed by atoms with Gasteiger partial charge < -0.3 is 10.4 Å². The van der Waals surface area contributed by atoms with E-state index in [2.05, 4.69) is 5.32 Å². The lowest BCUT2D eigenvalue weighted by atomic mass is 10.3. The Labute approximate surface area is 109 Å². The fourth-order valence-electron chi connectivity index (χ4n) is 1.43. The quantitative estimate of drug-likeness (QED) is 0.790. The lowest BCUT2D eigenvalue weighted by Gasteiger charge is -2.13. The van der Waals surface area contributed by atoms with Crippen LogP contribution in [0.2, 0.25) is 0 Å². The van der Waals surface area contributed by atoms with Gasteiger partial charge in [0.15, 0.2) is 0 Å². The lowest BCUT2D eigenvalue weighted by Crippen LogP contribution is -2.24. The number of sulfone groups is 1. The highest BCUT2D eigenvalue weighted by Gasteiger charge is 2.47. The fourth-order valence-corrected chi connectivity index (χ4v) is 2.37. The van der Waals surface area contributed by atoms with Gasteiger partial charge in [-0.3, -0.25) is 0 Å². The molecule has 0 unspecified atom stereocenters. The Morgan fingerprint density at radius 2 is 1.79 bits per heavy atom. The molecule has 0 aliphatic heterocycles. The molecule has 4 nitrogen and oxygen atoms in total. The van der Waals surface area contributed by atoms with Gasteiger partial charge in [-0.15, -0.1) is 0 Å². The molecular formula is C11H14F3NO3S. The number of anilines is 1. The molecule has 2 N–H and O–H groups in total.